The molecule has 4 N–H and O–H groups in total. The van der Waals surface area contributed by atoms with Gasteiger partial charge in [0.2, 0.25) is 0 Å². The molecule has 8 heteroatoms. The van der Waals surface area contributed by atoms with Gasteiger partial charge >= 0.3 is 0 Å². The van der Waals surface area contributed by atoms with Crippen LogP contribution in [0, 0.1) is 10.1 Å². The normalized spacial score (nSPS) is 13.3. The summed E-state index contributed by atoms with van der Waals surface area (Å²) >= 11 is 1.31. The van der Waals surface area contributed by atoms with E-state index in [1.165, 1.54) is 17.8 Å². The number of thioether (sulfide) groups is 1. The fourth-order valence-corrected chi connectivity index (χ4v) is 2.49. The van der Waals surface area contributed by atoms with Gasteiger partial charge in [0.1, 0.15) is 0 Å². The van der Waals surface area contributed by atoms with Crippen LogP contribution in [0.15, 0.2) is 28.3 Å². The summed E-state index contributed by atoms with van der Waals surface area (Å²) in [6.45, 7) is 1.91. The van der Waals surface area contributed by atoms with E-state index < -0.39 is 4.92 Å². The largest absolute Gasteiger partial charge is 0.409 e. The molecule has 0 saturated heterocycles. The topological polar surface area (TPSA) is 122 Å². The van der Waals surface area contributed by atoms with Crippen LogP contribution >= 0.6 is 11.8 Å². The van der Waals surface area contributed by atoms with Gasteiger partial charge in [0.05, 0.1) is 9.82 Å². The number of nitrogens with two attached hydrogens (primary N) is 1. The van der Waals surface area contributed by atoms with Gasteiger partial charge in [-0.25, -0.2) is 0 Å². The Balaban J connectivity index is 3.08. The molecule has 19 heavy (non-hydrogen) atoms. The molecule has 7 nitrogen and oxygen atoms in total. The van der Waals surface area contributed by atoms with Crippen molar-refractivity contribution in [2.75, 3.05) is 6.61 Å². The third-order valence-electron chi connectivity index (χ3n) is 2.42. The van der Waals surface area contributed by atoms with Crippen molar-refractivity contribution in [2.24, 2.45) is 10.9 Å². The van der Waals surface area contributed by atoms with E-state index >= 15 is 0 Å². The molecule has 0 heterocycles. The average Bonchev–Trinajstić information content (AvgIpc) is 2.38. The van der Waals surface area contributed by atoms with Crippen molar-refractivity contribution in [1.82, 2.24) is 0 Å². The van der Waals surface area contributed by atoms with Crippen molar-refractivity contribution < 1.29 is 15.2 Å². The molecule has 0 aliphatic carbocycles. The number of benzene rings is 1. The van der Waals surface area contributed by atoms with Crippen LogP contribution in [0.25, 0.3) is 0 Å². The highest BCUT2D eigenvalue weighted by Gasteiger charge is 2.18. The van der Waals surface area contributed by atoms with Crippen LogP contribution in [0.3, 0.4) is 0 Å². The molecule has 0 bridgehead atoms. The number of nitro benzene ring substituents is 1. The lowest BCUT2D eigenvalue weighted by molar-refractivity contribution is -0.387. The Morgan fingerprint density at radius 1 is 1.63 bits per heavy atom. The first kappa shape index (κ1) is 15.3. The van der Waals surface area contributed by atoms with Crippen LogP contribution in [0.5, 0.6) is 0 Å². The van der Waals surface area contributed by atoms with Gasteiger partial charge in [-0.2, -0.15) is 0 Å². The van der Waals surface area contributed by atoms with Gasteiger partial charge in [-0.15, -0.1) is 11.8 Å². The summed E-state index contributed by atoms with van der Waals surface area (Å²) in [6.07, 6.45) is 0.545. The average molecular weight is 285 g/mol. The predicted octanol–water partition coefficient (Wildman–Crippen LogP) is 1.55. The highest BCUT2D eigenvalue weighted by atomic mass is 32.2. The lowest BCUT2D eigenvalue weighted by Crippen LogP contribution is -2.13. The number of amidine groups is 1. The third kappa shape index (κ3) is 4.11. The Hall–Kier alpha value is -1.80. The fourth-order valence-electron chi connectivity index (χ4n) is 1.43. The summed E-state index contributed by atoms with van der Waals surface area (Å²) in [5.74, 6) is -0.178. The lowest BCUT2D eigenvalue weighted by atomic mass is 10.2. The van der Waals surface area contributed by atoms with Gasteiger partial charge in [0.15, 0.2) is 5.84 Å². The molecule has 0 saturated carbocycles. The quantitative estimate of drug-likeness (QED) is 0.182. The molecular weight excluding hydrogens is 270 g/mol. The minimum Gasteiger partial charge on any atom is -0.409 e. The maximum atomic E-state index is 11.0. The van der Waals surface area contributed by atoms with E-state index in [0.29, 0.717) is 11.3 Å². The third-order valence-corrected chi connectivity index (χ3v) is 3.66. The number of aliphatic hydroxyl groups is 1. The Morgan fingerprint density at radius 2 is 2.32 bits per heavy atom. The van der Waals surface area contributed by atoms with Crippen LogP contribution in [-0.2, 0) is 0 Å². The van der Waals surface area contributed by atoms with Gasteiger partial charge < -0.3 is 16.0 Å². The molecule has 0 spiro atoms. The highest BCUT2D eigenvalue weighted by molar-refractivity contribution is 8.00. The van der Waals surface area contributed by atoms with Gasteiger partial charge in [-0.3, -0.25) is 10.1 Å². The molecule has 0 aliphatic heterocycles. The number of hydrogen-bond acceptors (Lipinski definition) is 6. The van der Waals surface area contributed by atoms with Crippen molar-refractivity contribution in [3.05, 3.63) is 33.9 Å². The smallest absolute Gasteiger partial charge is 0.283 e. The van der Waals surface area contributed by atoms with Crippen molar-refractivity contribution >= 4 is 23.3 Å². The van der Waals surface area contributed by atoms with E-state index in [4.69, 9.17) is 16.0 Å². The minimum atomic E-state index is -0.512. The molecule has 1 aromatic rings. The molecular formula is C11H15N3O4S. The Labute approximate surface area is 114 Å². The highest BCUT2D eigenvalue weighted by Crippen LogP contribution is 2.33. The summed E-state index contributed by atoms with van der Waals surface area (Å²) in [5.41, 5.74) is 5.59. The number of aliphatic hydroxyl groups excluding tert-OH is 1. The maximum absolute atomic E-state index is 11.0. The summed E-state index contributed by atoms with van der Waals surface area (Å²) in [5, 5.41) is 31.3. The number of nitrogens with zero attached hydrogens (tertiary/aromatic N) is 2. The van der Waals surface area contributed by atoms with Crippen molar-refractivity contribution in [1.29, 1.82) is 0 Å². The minimum absolute atomic E-state index is 0.0319. The van der Waals surface area contributed by atoms with Crippen LogP contribution < -0.4 is 5.73 Å². The summed E-state index contributed by atoms with van der Waals surface area (Å²) < 4.78 is 0. The van der Waals surface area contributed by atoms with E-state index in [0.717, 1.165) is 0 Å². The molecule has 0 radical (unpaired) electrons. The van der Waals surface area contributed by atoms with Crippen molar-refractivity contribution in [3.63, 3.8) is 0 Å². The first-order chi connectivity index (χ1) is 8.99. The predicted molar refractivity (Wildman–Crippen MR) is 72.6 cm³/mol. The van der Waals surface area contributed by atoms with Gasteiger partial charge in [-0.1, -0.05) is 12.1 Å². The second-order valence-electron chi connectivity index (χ2n) is 3.87. The fraction of sp³-hybridized carbons (Fsp3) is 0.364. The molecule has 0 aromatic heterocycles. The van der Waals surface area contributed by atoms with E-state index in [-0.39, 0.29) is 28.9 Å². The Bertz CT molecular complexity index is 493. The summed E-state index contributed by atoms with van der Waals surface area (Å²) in [4.78, 5) is 11.0. The van der Waals surface area contributed by atoms with Crippen molar-refractivity contribution in [2.45, 2.75) is 23.5 Å². The van der Waals surface area contributed by atoms with E-state index in [1.54, 1.807) is 12.1 Å². The number of hydrogen-bond donors (Lipinski definition) is 3. The van der Waals surface area contributed by atoms with E-state index in [1.807, 2.05) is 6.92 Å². The molecule has 0 amide bonds. The first-order valence-electron chi connectivity index (χ1n) is 5.53. The zero-order valence-electron chi connectivity index (χ0n) is 10.3. The van der Waals surface area contributed by atoms with Crippen LogP contribution in [-0.4, -0.2) is 32.9 Å². The van der Waals surface area contributed by atoms with Gasteiger partial charge in [0, 0.05) is 23.5 Å². The molecule has 0 aliphatic rings. The van der Waals surface area contributed by atoms with E-state index in [9.17, 15) is 10.1 Å². The van der Waals surface area contributed by atoms with Crippen LogP contribution in [0.2, 0.25) is 0 Å². The number of nitro groups is 1. The Kier molecular flexibility index (Phi) is 5.58. The van der Waals surface area contributed by atoms with Crippen LogP contribution in [0.1, 0.15) is 18.9 Å². The number of rotatable bonds is 6. The molecule has 0 fully saturated rings. The molecule has 1 rings (SSSR count). The molecule has 1 aromatic carbocycles. The SMILES string of the molecule is CC(CCO)Sc1ccc(C(N)=NO)cc1[N+](=O)[O-]. The zero-order chi connectivity index (χ0) is 14.4. The van der Waals surface area contributed by atoms with Crippen LogP contribution in [0.4, 0.5) is 5.69 Å². The lowest BCUT2D eigenvalue weighted by Gasteiger charge is -2.10. The Morgan fingerprint density at radius 3 is 2.84 bits per heavy atom. The van der Waals surface area contributed by atoms with Crippen molar-refractivity contribution in [3.8, 4) is 0 Å². The van der Waals surface area contributed by atoms with Gasteiger partial charge in [-0.05, 0) is 18.6 Å². The molecule has 104 valence electrons. The monoisotopic (exact) mass is 285 g/mol. The van der Waals surface area contributed by atoms with E-state index in [2.05, 4.69) is 5.16 Å². The van der Waals surface area contributed by atoms with Gasteiger partial charge in [0.25, 0.3) is 5.69 Å². The molecule has 1 unspecified atom stereocenters. The number of oxime groups is 1. The maximum Gasteiger partial charge on any atom is 0.283 e. The zero-order valence-corrected chi connectivity index (χ0v) is 11.1. The first-order valence-corrected chi connectivity index (χ1v) is 6.41. The summed E-state index contributed by atoms with van der Waals surface area (Å²) in [6, 6.07) is 4.38. The standard InChI is InChI=1S/C11H15N3O4S/c1-7(4-5-15)19-10-3-2-8(11(12)13-16)6-9(10)14(17)18/h2-3,6-7,15-16H,4-5H2,1H3,(H2,12,13). The summed E-state index contributed by atoms with van der Waals surface area (Å²) in [7, 11) is 0. The molecule has 1 atom stereocenters. The second kappa shape index (κ2) is 6.95. The second-order valence-corrected chi connectivity index (χ2v) is 5.35.